The van der Waals surface area contributed by atoms with Crippen LogP contribution in [0, 0.1) is 11.8 Å². The Morgan fingerprint density at radius 3 is 2.70 bits per heavy atom. The van der Waals surface area contributed by atoms with Gasteiger partial charge in [0, 0.05) is 26.0 Å². The zero-order valence-electron chi connectivity index (χ0n) is 13.9. The normalized spacial score (nSPS) is 32.6. The number of ether oxygens (including phenoxy) is 3. The molecule has 5 atom stereocenters. The third-order valence-corrected chi connectivity index (χ3v) is 4.56. The lowest BCUT2D eigenvalue weighted by atomic mass is 9.92. The summed E-state index contributed by atoms with van der Waals surface area (Å²) in [6.07, 6.45) is -0.399. The fourth-order valence-corrected chi connectivity index (χ4v) is 3.17. The molecule has 2 aliphatic heterocycles. The van der Waals surface area contributed by atoms with Crippen LogP contribution in [0.1, 0.15) is 26.7 Å². The van der Waals surface area contributed by atoms with E-state index in [0.29, 0.717) is 13.0 Å². The fourth-order valence-electron chi connectivity index (χ4n) is 3.17. The molecule has 2 rings (SSSR count). The van der Waals surface area contributed by atoms with Crippen LogP contribution < -0.4 is 5.32 Å². The Morgan fingerprint density at radius 2 is 2.13 bits per heavy atom. The standard InChI is InChI=1S/C15H24N2O6/c1-8(14(19)22-4)7-10-9(2)12(21-3)13(23-10)17-6-5-11(18)16-15(17)20/h8-10,12-13H,5-7H2,1-4H3,(H,16,18,20)/t8?,9?,10-,12+,13-/m1/s1. The number of nitrogens with one attached hydrogen (secondary N) is 1. The van der Waals surface area contributed by atoms with Crippen LogP contribution in [0.5, 0.6) is 0 Å². The molecule has 0 aromatic heterocycles. The van der Waals surface area contributed by atoms with Crippen molar-refractivity contribution in [2.45, 2.75) is 45.1 Å². The van der Waals surface area contributed by atoms with Crippen LogP contribution in [0.4, 0.5) is 4.79 Å². The van der Waals surface area contributed by atoms with Gasteiger partial charge in [-0.1, -0.05) is 13.8 Å². The van der Waals surface area contributed by atoms with Gasteiger partial charge in [-0.3, -0.25) is 19.8 Å². The maximum absolute atomic E-state index is 12.0. The van der Waals surface area contributed by atoms with Crippen LogP contribution in [-0.4, -0.2) is 62.0 Å². The second-order valence-electron chi connectivity index (χ2n) is 6.08. The van der Waals surface area contributed by atoms with Gasteiger partial charge in [0.1, 0.15) is 6.10 Å². The van der Waals surface area contributed by atoms with Gasteiger partial charge in [-0.05, 0) is 6.42 Å². The number of amides is 3. The molecule has 130 valence electrons. The first kappa shape index (κ1) is 17.7. The summed E-state index contributed by atoms with van der Waals surface area (Å²) >= 11 is 0. The molecule has 2 unspecified atom stereocenters. The molecule has 0 aromatic rings. The van der Waals surface area contributed by atoms with Crippen molar-refractivity contribution in [3.63, 3.8) is 0 Å². The van der Waals surface area contributed by atoms with E-state index >= 15 is 0 Å². The van der Waals surface area contributed by atoms with Gasteiger partial charge in [-0.15, -0.1) is 0 Å². The van der Waals surface area contributed by atoms with Gasteiger partial charge in [-0.25, -0.2) is 4.79 Å². The van der Waals surface area contributed by atoms with Crippen LogP contribution in [0.15, 0.2) is 0 Å². The Bertz CT molecular complexity index is 483. The van der Waals surface area contributed by atoms with E-state index in [1.807, 2.05) is 6.92 Å². The number of urea groups is 1. The molecule has 8 nitrogen and oxygen atoms in total. The molecule has 2 heterocycles. The third kappa shape index (κ3) is 3.64. The van der Waals surface area contributed by atoms with E-state index in [1.165, 1.54) is 12.0 Å². The lowest BCUT2D eigenvalue weighted by Gasteiger charge is -2.34. The first-order valence-corrected chi connectivity index (χ1v) is 7.75. The number of imide groups is 1. The molecule has 2 aliphatic rings. The summed E-state index contributed by atoms with van der Waals surface area (Å²) < 4.78 is 16.3. The molecule has 3 amide bonds. The topological polar surface area (TPSA) is 94.2 Å². The molecule has 0 aliphatic carbocycles. The molecule has 0 spiro atoms. The van der Waals surface area contributed by atoms with Crippen molar-refractivity contribution in [2.75, 3.05) is 20.8 Å². The van der Waals surface area contributed by atoms with Crippen LogP contribution in [-0.2, 0) is 23.8 Å². The first-order chi connectivity index (χ1) is 10.9. The van der Waals surface area contributed by atoms with Crippen molar-refractivity contribution in [1.82, 2.24) is 10.2 Å². The number of nitrogens with zero attached hydrogens (tertiary/aromatic N) is 1. The minimum Gasteiger partial charge on any atom is -0.469 e. The summed E-state index contributed by atoms with van der Waals surface area (Å²) in [5, 5.41) is 2.29. The molecule has 0 saturated carbocycles. The molecule has 2 fully saturated rings. The third-order valence-electron chi connectivity index (χ3n) is 4.56. The monoisotopic (exact) mass is 328 g/mol. The van der Waals surface area contributed by atoms with Crippen LogP contribution in [0.3, 0.4) is 0 Å². The highest BCUT2D eigenvalue weighted by molar-refractivity contribution is 5.96. The maximum atomic E-state index is 12.0. The molecule has 23 heavy (non-hydrogen) atoms. The average molecular weight is 328 g/mol. The molecule has 0 bridgehead atoms. The van der Waals surface area contributed by atoms with Gasteiger partial charge < -0.3 is 14.2 Å². The number of carbonyl (C=O) groups is 3. The molecular formula is C15H24N2O6. The number of rotatable bonds is 5. The van der Waals surface area contributed by atoms with E-state index in [2.05, 4.69) is 5.32 Å². The highest BCUT2D eigenvalue weighted by Gasteiger charge is 2.48. The summed E-state index contributed by atoms with van der Waals surface area (Å²) in [5.41, 5.74) is 0. The van der Waals surface area contributed by atoms with Crippen LogP contribution in [0.2, 0.25) is 0 Å². The summed E-state index contributed by atoms with van der Waals surface area (Å²) in [6, 6.07) is -0.470. The lowest BCUT2D eigenvalue weighted by Crippen LogP contribution is -2.56. The Labute approximate surface area is 135 Å². The molecular weight excluding hydrogens is 304 g/mol. The van der Waals surface area contributed by atoms with Gasteiger partial charge in [-0.2, -0.15) is 0 Å². The fraction of sp³-hybridized carbons (Fsp3) is 0.800. The van der Waals surface area contributed by atoms with Crippen molar-refractivity contribution in [3.05, 3.63) is 0 Å². The minimum atomic E-state index is -0.571. The van der Waals surface area contributed by atoms with Gasteiger partial charge in [0.05, 0.1) is 19.1 Å². The van der Waals surface area contributed by atoms with E-state index in [4.69, 9.17) is 14.2 Å². The smallest absolute Gasteiger partial charge is 0.326 e. The summed E-state index contributed by atoms with van der Waals surface area (Å²) in [6.45, 7) is 4.04. The largest absolute Gasteiger partial charge is 0.469 e. The summed E-state index contributed by atoms with van der Waals surface area (Å²) in [4.78, 5) is 36.4. The van der Waals surface area contributed by atoms with Crippen molar-refractivity contribution < 1.29 is 28.6 Å². The highest BCUT2D eigenvalue weighted by atomic mass is 16.6. The van der Waals surface area contributed by atoms with Crippen molar-refractivity contribution >= 4 is 17.9 Å². The Morgan fingerprint density at radius 1 is 1.43 bits per heavy atom. The van der Waals surface area contributed by atoms with E-state index in [9.17, 15) is 14.4 Å². The molecule has 0 aromatic carbocycles. The number of methoxy groups -OCH3 is 2. The second-order valence-corrected chi connectivity index (χ2v) is 6.08. The maximum Gasteiger partial charge on any atom is 0.326 e. The van der Waals surface area contributed by atoms with Gasteiger partial charge >= 0.3 is 12.0 Å². The summed E-state index contributed by atoms with van der Waals surface area (Å²) in [5.74, 6) is -0.885. The van der Waals surface area contributed by atoms with Crippen LogP contribution >= 0.6 is 0 Å². The predicted molar refractivity (Wildman–Crippen MR) is 79.3 cm³/mol. The van der Waals surface area contributed by atoms with E-state index < -0.39 is 12.3 Å². The molecule has 1 N–H and O–H groups in total. The number of esters is 1. The zero-order valence-corrected chi connectivity index (χ0v) is 13.9. The summed E-state index contributed by atoms with van der Waals surface area (Å²) in [7, 11) is 2.92. The molecule has 2 saturated heterocycles. The quantitative estimate of drug-likeness (QED) is 0.739. The minimum absolute atomic E-state index is 0.00235. The number of carbonyl (C=O) groups excluding carboxylic acids is 3. The average Bonchev–Trinajstić information content (AvgIpc) is 2.82. The predicted octanol–water partition coefficient (Wildman–Crippen LogP) is 0.504. The van der Waals surface area contributed by atoms with Crippen molar-refractivity contribution in [3.8, 4) is 0 Å². The van der Waals surface area contributed by atoms with Crippen molar-refractivity contribution in [2.24, 2.45) is 11.8 Å². The Hall–Kier alpha value is -1.67. The molecule has 8 heteroatoms. The van der Waals surface area contributed by atoms with E-state index in [1.54, 1.807) is 14.0 Å². The lowest BCUT2D eigenvalue weighted by molar-refractivity contribution is -0.147. The van der Waals surface area contributed by atoms with E-state index in [0.717, 1.165) is 0 Å². The SMILES string of the molecule is COC(=O)C(C)C[C@H]1O[C@@H](N2CCC(=O)NC2=O)[C@@H](OC)C1C. The van der Waals surface area contributed by atoms with Crippen LogP contribution in [0.25, 0.3) is 0 Å². The highest BCUT2D eigenvalue weighted by Crippen LogP contribution is 2.35. The first-order valence-electron chi connectivity index (χ1n) is 7.75. The van der Waals surface area contributed by atoms with Gasteiger partial charge in [0.15, 0.2) is 6.23 Å². The van der Waals surface area contributed by atoms with Gasteiger partial charge in [0.25, 0.3) is 0 Å². The Balaban J connectivity index is 2.08. The van der Waals surface area contributed by atoms with Crippen molar-refractivity contribution in [1.29, 1.82) is 0 Å². The second kappa shape index (κ2) is 7.27. The number of hydrogen-bond donors (Lipinski definition) is 1. The molecule has 0 radical (unpaired) electrons. The zero-order chi connectivity index (χ0) is 17.1. The van der Waals surface area contributed by atoms with E-state index in [-0.39, 0.29) is 42.3 Å². The van der Waals surface area contributed by atoms with Gasteiger partial charge in [0.2, 0.25) is 5.91 Å². The number of hydrogen-bond acceptors (Lipinski definition) is 6. The Kier molecular flexibility index (Phi) is 5.59.